The van der Waals surface area contributed by atoms with E-state index in [1.807, 2.05) is 0 Å². The molecular formula is C12H14N2O3. The van der Waals surface area contributed by atoms with E-state index in [9.17, 15) is 9.90 Å². The van der Waals surface area contributed by atoms with E-state index in [0.717, 1.165) is 0 Å². The van der Waals surface area contributed by atoms with Gasteiger partial charge in [0.05, 0.1) is 5.70 Å². The zero-order valence-electron chi connectivity index (χ0n) is 9.51. The van der Waals surface area contributed by atoms with Gasteiger partial charge in [-0.05, 0) is 37.9 Å². The van der Waals surface area contributed by atoms with Gasteiger partial charge in [-0.25, -0.2) is 0 Å². The fourth-order valence-electron chi connectivity index (χ4n) is 1.06. The van der Waals surface area contributed by atoms with Gasteiger partial charge in [0.2, 0.25) is 5.91 Å². The summed E-state index contributed by atoms with van der Waals surface area (Å²) >= 11 is 0. The van der Waals surface area contributed by atoms with Crippen molar-refractivity contribution >= 4 is 12.6 Å². The average Bonchev–Trinajstić information content (AvgIpc) is 2.35. The minimum absolute atomic E-state index is 0.000765. The van der Waals surface area contributed by atoms with Crippen LogP contribution in [0.25, 0.3) is 0 Å². The number of rotatable bonds is 5. The van der Waals surface area contributed by atoms with Gasteiger partial charge < -0.3 is 15.6 Å². The van der Waals surface area contributed by atoms with Crippen LogP contribution in [0.5, 0.6) is 5.75 Å². The summed E-state index contributed by atoms with van der Waals surface area (Å²) in [4.78, 5) is 14.4. The molecular weight excluding hydrogens is 220 g/mol. The van der Waals surface area contributed by atoms with Crippen LogP contribution in [0, 0.1) is 0 Å². The number of carbonyl (C=O) groups excluding carboxylic acids is 1. The van der Waals surface area contributed by atoms with Gasteiger partial charge in [0.15, 0.2) is 5.76 Å². The number of aliphatic hydroxyl groups is 1. The molecule has 0 heterocycles. The number of nitrogens with two attached hydrogens (primary N) is 1. The number of ether oxygens (including phenoxy) is 1. The predicted molar refractivity (Wildman–Crippen MR) is 65.3 cm³/mol. The number of allylic oxidation sites excluding steroid dienone is 1. The van der Waals surface area contributed by atoms with Crippen molar-refractivity contribution in [3.63, 3.8) is 0 Å². The average molecular weight is 234 g/mol. The van der Waals surface area contributed by atoms with Crippen LogP contribution in [0.1, 0.15) is 17.3 Å². The number of benzene rings is 1. The van der Waals surface area contributed by atoms with Gasteiger partial charge >= 0.3 is 0 Å². The van der Waals surface area contributed by atoms with Crippen LogP contribution >= 0.6 is 0 Å². The molecule has 0 saturated carbocycles. The molecule has 5 heteroatoms. The number of amides is 1. The molecule has 0 unspecified atom stereocenters. The molecule has 90 valence electrons. The second-order valence-corrected chi connectivity index (χ2v) is 3.37. The van der Waals surface area contributed by atoms with E-state index in [1.54, 1.807) is 31.2 Å². The van der Waals surface area contributed by atoms with Gasteiger partial charge in [-0.2, -0.15) is 0 Å². The number of primary amides is 1. The summed E-state index contributed by atoms with van der Waals surface area (Å²) in [6, 6.07) is 6.31. The minimum atomic E-state index is -0.494. The van der Waals surface area contributed by atoms with Gasteiger partial charge in [-0.3, -0.25) is 9.79 Å². The molecule has 0 aliphatic rings. The van der Waals surface area contributed by atoms with Gasteiger partial charge in [0, 0.05) is 5.56 Å². The largest absolute Gasteiger partial charge is 0.507 e. The molecule has 0 bridgehead atoms. The lowest BCUT2D eigenvalue weighted by Gasteiger charge is -2.06. The van der Waals surface area contributed by atoms with Gasteiger partial charge in [0.25, 0.3) is 0 Å². The Kier molecular flexibility index (Phi) is 4.28. The molecule has 1 rings (SSSR count). The Morgan fingerprint density at radius 2 is 2.06 bits per heavy atom. The zero-order valence-corrected chi connectivity index (χ0v) is 9.51. The first-order valence-corrected chi connectivity index (χ1v) is 4.92. The summed E-state index contributed by atoms with van der Waals surface area (Å²) in [5, 5.41) is 9.47. The molecule has 0 aliphatic heterocycles. The molecule has 17 heavy (non-hydrogen) atoms. The van der Waals surface area contributed by atoms with Gasteiger partial charge in [-0.1, -0.05) is 0 Å². The maximum Gasteiger partial charge on any atom is 0.248 e. The highest BCUT2D eigenvalue weighted by Gasteiger charge is 2.02. The van der Waals surface area contributed by atoms with Gasteiger partial charge in [0.1, 0.15) is 12.4 Å². The number of aliphatic imine (C=N–C) groups is 1. The maximum absolute atomic E-state index is 10.8. The summed E-state index contributed by atoms with van der Waals surface area (Å²) in [5.41, 5.74) is 5.92. The van der Waals surface area contributed by atoms with Crippen molar-refractivity contribution in [1.82, 2.24) is 0 Å². The molecule has 0 aromatic heterocycles. The third-order valence-electron chi connectivity index (χ3n) is 2.17. The second kappa shape index (κ2) is 5.69. The molecule has 0 radical (unpaired) electrons. The Hall–Kier alpha value is -2.30. The van der Waals surface area contributed by atoms with Crippen LogP contribution in [0.4, 0.5) is 0 Å². The Morgan fingerprint density at radius 1 is 1.47 bits per heavy atom. The summed E-state index contributed by atoms with van der Waals surface area (Å²) in [5.74, 6) is 0.0448. The summed E-state index contributed by atoms with van der Waals surface area (Å²) in [6.07, 6.45) is 0. The zero-order chi connectivity index (χ0) is 12.8. The van der Waals surface area contributed by atoms with Crippen LogP contribution in [0.2, 0.25) is 0 Å². The van der Waals surface area contributed by atoms with E-state index in [4.69, 9.17) is 10.5 Å². The third-order valence-corrected chi connectivity index (χ3v) is 2.17. The smallest absolute Gasteiger partial charge is 0.248 e. The van der Waals surface area contributed by atoms with Crippen LogP contribution in [-0.4, -0.2) is 24.3 Å². The molecule has 0 saturated heterocycles. The van der Waals surface area contributed by atoms with Crippen LogP contribution in [-0.2, 0) is 0 Å². The minimum Gasteiger partial charge on any atom is -0.507 e. The van der Waals surface area contributed by atoms with E-state index >= 15 is 0 Å². The summed E-state index contributed by atoms with van der Waals surface area (Å²) < 4.78 is 5.28. The highest BCUT2D eigenvalue weighted by molar-refractivity contribution is 5.92. The Bertz CT molecular complexity index is 449. The van der Waals surface area contributed by atoms with Crippen molar-refractivity contribution in [2.45, 2.75) is 6.92 Å². The van der Waals surface area contributed by atoms with Crippen LogP contribution in [0.3, 0.4) is 0 Å². The summed E-state index contributed by atoms with van der Waals surface area (Å²) in [6.45, 7) is 4.92. The molecule has 3 N–H and O–H groups in total. The fraction of sp³-hybridized carbons (Fsp3) is 0.167. The van der Waals surface area contributed by atoms with Crippen molar-refractivity contribution in [2.75, 3.05) is 6.61 Å². The van der Waals surface area contributed by atoms with Crippen molar-refractivity contribution in [3.8, 4) is 5.75 Å². The Balaban J connectivity index is 2.65. The monoisotopic (exact) mass is 234 g/mol. The Labute approximate surface area is 99.2 Å². The lowest BCUT2D eigenvalue weighted by molar-refractivity contribution is 0.1000. The first-order chi connectivity index (χ1) is 8.04. The summed E-state index contributed by atoms with van der Waals surface area (Å²) in [7, 11) is 0. The van der Waals surface area contributed by atoms with E-state index < -0.39 is 5.91 Å². The molecule has 0 spiro atoms. The van der Waals surface area contributed by atoms with Gasteiger partial charge in [-0.15, -0.1) is 0 Å². The molecule has 0 fully saturated rings. The molecule has 5 nitrogen and oxygen atoms in total. The topological polar surface area (TPSA) is 84.9 Å². The number of hydrogen-bond donors (Lipinski definition) is 2. The lowest BCUT2D eigenvalue weighted by atomic mass is 10.2. The van der Waals surface area contributed by atoms with E-state index in [2.05, 4.69) is 11.7 Å². The fourth-order valence-corrected chi connectivity index (χ4v) is 1.06. The number of hydrogen-bond acceptors (Lipinski definition) is 4. The lowest BCUT2D eigenvalue weighted by Crippen LogP contribution is -2.10. The molecule has 0 aliphatic carbocycles. The molecule has 1 aromatic rings. The van der Waals surface area contributed by atoms with Crippen molar-refractivity contribution in [2.24, 2.45) is 10.7 Å². The SMILES string of the molecule is C=N/C(C)=C(\O)COc1ccc(C(N)=O)cc1. The first kappa shape index (κ1) is 12.8. The van der Waals surface area contributed by atoms with E-state index in [1.165, 1.54) is 0 Å². The predicted octanol–water partition coefficient (Wildman–Crippen LogP) is 1.65. The third kappa shape index (κ3) is 3.64. The highest BCUT2D eigenvalue weighted by atomic mass is 16.5. The second-order valence-electron chi connectivity index (χ2n) is 3.37. The molecule has 1 amide bonds. The quantitative estimate of drug-likeness (QED) is 0.600. The Morgan fingerprint density at radius 3 is 2.53 bits per heavy atom. The van der Waals surface area contributed by atoms with E-state index in [-0.39, 0.29) is 12.4 Å². The van der Waals surface area contributed by atoms with Crippen molar-refractivity contribution < 1.29 is 14.6 Å². The van der Waals surface area contributed by atoms with Crippen molar-refractivity contribution in [3.05, 3.63) is 41.3 Å². The first-order valence-electron chi connectivity index (χ1n) is 4.92. The molecule has 1 aromatic carbocycles. The van der Waals surface area contributed by atoms with Crippen LogP contribution in [0.15, 0.2) is 40.7 Å². The number of aliphatic hydroxyl groups excluding tert-OH is 1. The standard InChI is InChI=1S/C12H14N2O3/c1-8(14-2)11(15)7-17-10-5-3-9(4-6-10)12(13)16/h3-6,15H,2,7H2,1H3,(H2,13,16)/b11-8-. The molecule has 0 atom stereocenters. The van der Waals surface area contributed by atoms with E-state index in [0.29, 0.717) is 17.0 Å². The number of carbonyl (C=O) groups is 1. The maximum atomic E-state index is 10.8. The normalized spacial score (nSPS) is 11.6. The van der Waals surface area contributed by atoms with Crippen LogP contribution < -0.4 is 10.5 Å². The highest BCUT2D eigenvalue weighted by Crippen LogP contribution is 2.13. The van der Waals surface area contributed by atoms with Crippen molar-refractivity contribution in [1.29, 1.82) is 0 Å². The number of nitrogens with zero attached hydrogens (tertiary/aromatic N) is 1.